The van der Waals surface area contributed by atoms with Gasteiger partial charge in [-0.15, -0.1) is 0 Å². The zero-order valence-corrected chi connectivity index (χ0v) is 9.54. The molecule has 0 spiro atoms. The molecule has 0 atom stereocenters. The van der Waals surface area contributed by atoms with Crippen molar-refractivity contribution in [1.82, 2.24) is 0 Å². The lowest BCUT2D eigenvalue weighted by Crippen LogP contribution is -2.14. The molecule has 0 saturated carbocycles. The molecule has 5 nitrogen and oxygen atoms in total. The van der Waals surface area contributed by atoms with Gasteiger partial charge in [0.2, 0.25) is 0 Å². The Balaban J connectivity index is 3.31. The maximum absolute atomic E-state index is 11.2. The standard InChI is InChI=1S/C10H10O5S/c1-6-5-7(16(2,14)15)3-4-8(6)9(11)10(12)13/h3-5H,1-2H3,(H,12,13). The Bertz CT molecular complexity index is 557. The van der Waals surface area contributed by atoms with E-state index < -0.39 is 21.6 Å². The number of rotatable bonds is 3. The fraction of sp³-hybridized carbons (Fsp3) is 0.200. The average Bonchev–Trinajstić information content (AvgIpc) is 2.15. The molecular formula is C10H10O5S. The van der Waals surface area contributed by atoms with Crippen LogP contribution < -0.4 is 0 Å². The fourth-order valence-electron chi connectivity index (χ4n) is 1.24. The van der Waals surface area contributed by atoms with Crippen molar-refractivity contribution < 1.29 is 23.1 Å². The molecule has 0 aliphatic carbocycles. The molecular weight excluding hydrogens is 232 g/mol. The van der Waals surface area contributed by atoms with Gasteiger partial charge < -0.3 is 5.11 Å². The van der Waals surface area contributed by atoms with Crippen LogP contribution in [0.15, 0.2) is 23.1 Å². The first-order valence-corrected chi connectivity index (χ1v) is 6.21. The van der Waals surface area contributed by atoms with Crippen molar-refractivity contribution in [3.05, 3.63) is 29.3 Å². The van der Waals surface area contributed by atoms with Gasteiger partial charge in [0, 0.05) is 11.8 Å². The summed E-state index contributed by atoms with van der Waals surface area (Å²) in [6.07, 6.45) is 1.04. The van der Waals surface area contributed by atoms with Crippen LogP contribution in [0.25, 0.3) is 0 Å². The number of carbonyl (C=O) groups is 2. The lowest BCUT2D eigenvalue weighted by molar-refractivity contribution is -0.131. The van der Waals surface area contributed by atoms with E-state index in [1.54, 1.807) is 0 Å². The van der Waals surface area contributed by atoms with Crippen LogP contribution in [-0.2, 0) is 14.6 Å². The largest absolute Gasteiger partial charge is 0.475 e. The van der Waals surface area contributed by atoms with E-state index in [0.29, 0.717) is 5.56 Å². The minimum Gasteiger partial charge on any atom is -0.475 e. The SMILES string of the molecule is Cc1cc(S(C)(=O)=O)ccc1C(=O)C(=O)O. The predicted molar refractivity (Wildman–Crippen MR) is 56.3 cm³/mol. The van der Waals surface area contributed by atoms with Gasteiger partial charge >= 0.3 is 5.97 Å². The minimum atomic E-state index is -3.35. The van der Waals surface area contributed by atoms with Crippen molar-refractivity contribution in [3.63, 3.8) is 0 Å². The number of sulfone groups is 1. The van der Waals surface area contributed by atoms with Crippen molar-refractivity contribution in [2.75, 3.05) is 6.26 Å². The number of aryl methyl sites for hydroxylation is 1. The number of carbonyl (C=O) groups excluding carboxylic acids is 1. The summed E-state index contributed by atoms with van der Waals surface area (Å²) in [6, 6.07) is 3.71. The third-order valence-electron chi connectivity index (χ3n) is 2.06. The van der Waals surface area contributed by atoms with Gasteiger partial charge in [0.25, 0.3) is 5.78 Å². The third kappa shape index (κ3) is 2.46. The van der Waals surface area contributed by atoms with Crippen LogP contribution >= 0.6 is 0 Å². The summed E-state index contributed by atoms with van der Waals surface area (Å²) < 4.78 is 22.4. The van der Waals surface area contributed by atoms with Crippen molar-refractivity contribution in [2.45, 2.75) is 11.8 Å². The first-order chi connectivity index (χ1) is 7.23. The Morgan fingerprint density at radius 2 is 1.81 bits per heavy atom. The highest BCUT2D eigenvalue weighted by molar-refractivity contribution is 7.90. The summed E-state index contributed by atoms with van der Waals surface area (Å²) in [5.41, 5.74) is 0.329. The molecule has 1 aromatic rings. The number of carboxylic acid groups (broad SMARTS) is 1. The van der Waals surface area contributed by atoms with E-state index in [1.165, 1.54) is 25.1 Å². The number of benzene rings is 1. The van der Waals surface area contributed by atoms with Crippen molar-refractivity contribution >= 4 is 21.6 Å². The average molecular weight is 242 g/mol. The fourth-order valence-corrected chi connectivity index (χ4v) is 1.94. The Morgan fingerprint density at radius 3 is 2.19 bits per heavy atom. The van der Waals surface area contributed by atoms with Crippen LogP contribution in [0.4, 0.5) is 0 Å². The third-order valence-corrected chi connectivity index (χ3v) is 3.18. The van der Waals surface area contributed by atoms with Gasteiger partial charge in [-0.1, -0.05) is 0 Å². The monoisotopic (exact) mass is 242 g/mol. The van der Waals surface area contributed by atoms with Gasteiger partial charge in [-0.25, -0.2) is 13.2 Å². The van der Waals surface area contributed by atoms with Crippen LogP contribution in [0.3, 0.4) is 0 Å². The summed E-state index contributed by atoms with van der Waals surface area (Å²) in [5.74, 6) is -2.60. The van der Waals surface area contributed by atoms with Gasteiger partial charge in [-0.2, -0.15) is 0 Å². The summed E-state index contributed by atoms with van der Waals surface area (Å²) in [5, 5.41) is 8.52. The molecule has 86 valence electrons. The second-order valence-corrected chi connectivity index (χ2v) is 5.40. The van der Waals surface area contributed by atoms with E-state index in [-0.39, 0.29) is 10.5 Å². The molecule has 0 aliphatic heterocycles. The van der Waals surface area contributed by atoms with Gasteiger partial charge in [0.1, 0.15) is 0 Å². The van der Waals surface area contributed by atoms with E-state index in [2.05, 4.69) is 0 Å². The Hall–Kier alpha value is -1.69. The number of hydrogen-bond acceptors (Lipinski definition) is 4. The summed E-state index contributed by atoms with van der Waals surface area (Å²) >= 11 is 0. The van der Waals surface area contributed by atoms with Crippen LogP contribution in [0, 0.1) is 6.92 Å². The number of aliphatic carboxylic acids is 1. The highest BCUT2D eigenvalue weighted by Crippen LogP contribution is 2.15. The smallest absolute Gasteiger partial charge is 0.377 e. The number of carboxylic acids is 1. The molecule has 0 aromatic heterocycles. The molecule has 1 aromatic carbocycles. The van der Waals surface area contributed by atoms with Crippen molar-refractivity contribution in [1.29, 1.82) is 0 Å². The molecule has 0 radical (unpaired) electrons. The zero-order valence-electron chi connectivity index (χ0n) is 8.72. The minimum absolute atomic E-state index is 0.0000926. The quantitative estimate of drug-likeness (QED) is 0.621. The highest BCUT2D eigenvalue weighted by atomic mass is 32.2. The molecule has 1 N–H and O–H groups in total. The van der Waals surface area contributed by atoms with Gasteiger partial charge in [-0.3, -0.25) is 4.79 Å². The summed E-state index contributed by atoms with van der Waals surface area (Å²) in [6.45, 7) is 1.49. The maximum Gasteiger partial charge on any atom is 0.377 e. The molecule has 0 bridgehead atoms. The van der Waals surface area contributed by atoms with Crippen LogP contribution in [0.5, 0.6) is 0 Å². The van der Waals surface area contributed by atoms with E-state index in [0.717, 1.165) is 6.26 Å². The first kappa shape index (κ1) is 12.4. The van der Waals surface area contributed by atoms with E-state index >= 15 is 0 Å². The molecule has 0 fully saturated rings. The van der Waals surface area contributed by atoms with E-state index in [4.69, 9.17) is 5.11 Å². The Morgan fingerprint density at radius 1 is 1.25 bits per heavy atom. The molecule has 0 amide bonds. The lowest BCUT2D eigenvalue weighted by Gasteiger charge is -2.04. The molecule has 0 unspecified atom stereocenters. The van der Waals surface area contributed by atoms with Crippen LogP contribution in [-0.4, -0.2) is 31.5 Å². The molecule has 6 heteroatoms. The number of Topliss-reactive ketones (excluding diaryl/α,β-unsaturated/α-hetero) is 1. The van der Waals surface area contributed by atoms with Crippen molar-refractivity contribution in [2.24, 2.45) is 0 Å². The summed E-state index contributed by atoms with van der Waals surface area (Å²) in [4.78, 5) is 21.7. The highest BCUT2D eigenvalue weighted by Gasteiger charge is 2.18. The van der Waals surface area contributed by atoms with Gasteiger partial charge in [-0.05, 0) is 30.7 Å². The molecule has 0 heterocycles. The van der Waals surface area contributed by atoms with Gasteiger partial charge in [0.15, 0.2) is 9.84 Å². The van der Waals surface area contributed by atoms with Crippen LogP contribution in [0.2, 0.25) is 0 Å². The molecule has 1 rings (SSSR count). The van der Waals surface area contributed by atoms with Gasteiger partial charge in [0.05, 0.1) is 4.90 Å². The number of hydrogen-bond donors (Lipinski definition) is 1. The molecule has 16 heavy (non-hydrogen) atoms. The zero-order chi connectivity index (χ0) is 12.5. The van der Waals surface area contributed by atoms with E-state index in [1.807, 2.05) is 0 Å². The Kier molecular flexibility index (Phi) is 3.14. The number of ketones is 1. The molecule has 0 aliphatic rings. The van der Waals surface area contributed by atoms with Crippen LogP contribution in [0.1, 0.15) is 15.9 Å². The predicted octanol–water partition coefficient (Wildman–Crippen LogP) is 0.666. The summed E-state index contributed by atoms with van der Waals surface area (Å²) in [7, 11) is -3.35. The second kappa shape index (κ2) is 4.05. The van der Waals surface area contributed by atoms with Crippen molar-refractivity contribution in [3.8, 4) is 0 Å². The second-order valence-electron chi connectivity index (χ2n) is 3.38. The van der Waals surface area contributed by atoms with E-state index in [9.17, 15) is 18.0 Å². The normalized spacial score (nSPS) is 11.1. The molecule has 0 saturated heterocycles. The Labute approximate surface area is 92.6 Å². The topological polar surface area (TPSA) is 88.5 Å². The maximum atomic E-state index is 11.2. The lowest BCUT2D eigenvalue weighted by atomic mass is 10.1. The first-order valence-electron chi connectivity index (χ1n) is 4.32.